The highest BCUT2D eigenvalue weighted by atomic mass is 19.1. The van der Waals surface area contributed by atoms with E-state index in [1.807, 2.05) is 30.3 Å². The standard InChI is InChI=1S/C15H15FN2O3/c16-13-8-12(15(17)18-19)6-7-14(13)21-10-20-9-11-4-2-1-3-5-11/h1-8,19H,9-10H2,(H2,17,18). The fraction of sp³-hybridized carbons (Fsp3) is 0.133. The molecule has 0 aliphatic rings. The normalized spacial score (nSPS) is 11.4. The van der Waals surface area contributed by atoms with Crippen LogP contribution in [0.3, 0.4) is 0 Å². The van der Waals surface area contributed by atoms with Crippen LogP contribution in [0.2, 0.25) is 0 Å². The van der Waals surface area contributed by atoms with E-state index in [2.05, 4.69) is 5.16 Å². The number of amidine groups is 1. The predicted octanol–water partition coefficient (Wildman–Crippen LogP) is 2.47. The number of benzene rings is 2. The van der Waals surface area contributed by atoms with Gasteiger partial charge in [0.2, 0.25) is 0 Å². The van der Waals surface area contributed by atoms with Crippen molar-refractivity contribution in [3.05, 3.63) is 65.5 Å². The molecule has 2 aromatic rings. The number of ether oxygens (including phenoxy) is 2. The topological polar surface area (TPSA) is 77.1 Å². The molecule has 0 saturated heterocycles. The molecule has 3 N–H and O–H groups in total. The van der Waals surface area contributed by atoms with Gasteiger partial charge >= 0.3 is 0 Å². The third kappa shape index (κ3) is 4.19. The molecule has 110 valence electrons. The lowest BCUT2D eigenvalue weighted by Gasteiger charge is -2.09. The first-order chi connectivity index (χ1) is 10.2. The van der Waals surface area contributed by atoms with Crippen molar-refractivity contribution in [2.24, 2.45) is 10.9 Å². The molecule has 5 nitrogen and oxygen atoms in total. The first-order valence-corrected chi connectivity index (χ1v) is 6.22. The Balaban J connectivity index is 1.86. The minimum absolute atomic E-state index is 0.0394. The van der Waals surface area contributed by atoms with Crippen LogP contribution in [0, 0.1) is 5.82 Å². The SMILES string of the molecule is N/C(=N/O)c1ccc(OCOCc2ccccc2)c(F)c1. The summed E-state index contributed by atoms with van der Waals surface area (Å²) in [5, 5.41) is 11.3. The van der Waals surface area contributed by atoms with Crippen molar-refractivity contribution in [3.63, 3.8) is 0 Å². The number of halogens is 1. The molecule has 0 heterocycles. The van der Waals surface area contributed by atoms with Gasteiger partial charge in [-0.25, -0.2) is 4.39 Å². The molecular formula is C15H15FN2O3. The van der Waals surface area contributed by atoms with Crippen molar-refractivity contribution in [2.45, 2.75) is 6.61 Å². The molecule has 6 heteroatoms. The molecule has 0 saturated carbocycles. The molecule has 2 aromatic carbocycles. The summed E-state index contributed by atoms with van der Waals surface area (Å²) in [6, 6.07) is 13.6. The number of hydrogen-bond donors (Lipinski definition) is 2. The quantitative estimate of drug-likeness (QED) is 0.214. The van der Waals surface area contributed by atoms with E-state index in [0.29, 0.717) is 6.61 Å². The summed E-state index contributed by atoms with van der Waals surface area (Å²) >= 11 is 0. The van der Waals surface area contributed by atoms with Gasteiger partial charge in [-0.3, -0.25) is 0 Å². The molecule has 2 rings (SSSR count). The lowest BCUT2D eigenvalue weighted by Crippen LogP contribution is -2.13. The summed E-state index contributed by atoms with van der Waals surface area (Å²) in [5.41, 5.74) is 6.64. The van der Waals surface area contributed by atoms with Crippen molar-refractivity contribution in [3.8, 4) is 5.75 Å². The molecule has 21 heavy (non-hydrogen) atoms. The van der Waals surface area contributed by atoms with Crippen molar-refractivity contribution in [1.82, 2.24) is 0 Å². The average molecular weight is 290 g/mol. The summed E-state index contributed by atoms with van der Waals surface area (Å²) in [6.45, 7) is 0.305. The van der Waals surface area contributed by atoms with Crippen molar-refractivity contribution in [2.75, 3.05) is 6.79 Å². The van der Waals surface area contributed by atoms with Gasteiger partial charge in [0.1, 0.15) is 0 Å². The van der Waals surface area contributed by atoms with E-state index in [4.69, 9.17) is 20.4 Å². The second-order valence-corrected chi connectivity index (χ2v) is 4.23. The molecule has 0 amide bonds. The Morgan fingerprint density at radius 3 is 2.62 bits per heavy atom. The zero-order valence-electron chi connectivity index (χ0n) is 11.2. The monoisotopic (exact) mass is 290 g/mol. The number of oxime groups is 1. The summed E-state index contributed by atoms with van der Waals surface area (Å²) in [7, 11) is 0. The van der Waals surface area contributed by atoms with Gasteiger partial charge in [0, 0.05) is 5.56 Å². The lowest BCUT2D eigenvalue weighted by molar-refractivity contribution is 0.00302. The number of rotatable bonds is 6. The zero-order valence-corrected chi connectivity index (χ0v) is 11.2. The number of hydrogen-bond acceptors (Lipinski definition) is 4. The van der Waals surface area contributed by atoms with Gasteiger partial charge in [-0.2, -0.15) is 0 Å². The van der Waals surface area contributed by atoms with Crippen LogP contribution in [0.25, 0.3) is 0 Å². The molecule has 0 radical (unpaired) electrons. The highest BCUT2D eigenvalue weighted by Gasteiger charge is 2.07. The Morgan fingerprint density at radius 2 is 1.95 bits per heavy atom. The molecule has 0 aromatic heterocycles. The average Bonchev–Trinajstić information content (AvgIpc) is 2.53. The molecule has 0 bridgehead atoms. The van der Waals surface area contributed by atoms with E-state index < -0.39 is 5.82 Å². The van der Waals surface area contributed by atoms with Gasteiger partial charge in [0.15, 0.2) is 24.2 Å². The van der Waals surface area contributed by atoms with Gasteiger partial charge in [-0.1, -0.05) is 35.5 Å². The predicted molar refractivity (Wildman–Crippen MR) is 75.6 cm³/mol. The lowest BCUT2D eigenvalue weighted by atomic mass is 10.2. The third-order valence-electron chi connectivity index (χ3n) is 2.74. The van der Waals surface area contributed by atoms with Gasteiger partial charge in [-0.15, -0.1) is 0 Å². The second kappa shape index (κ2) is 7.25. The Bertz CT molecular complexity index is 618. The Morgan fingerprint density at radius 1 is 1.19 bits per heavy atom. The molecule has 0 spiro atoms. The van der Waals surface area contributed by atoms with Crippen molar-refractivity contribution in [1.29, 1.82) is 0 Å². The van der Waals surface area contributed by atoms with Crippen LogP contribution in [0.1, 0.15) is 11.1 Å². The van der Waals surface area contributed by atoms with Crippen LogP contribution in [-0.2, 0) is 11.3 Å². The van der Waals surface area contributed by atoms with E-state index in [9.17, 15) is 4.39 Å². The molecule has 0 aliphatic carbocycles. The summed E-state index contributed by atoms with van der Waals surface area (Å²) in [4.78, 5) is 0. The minimum Gasteiger partial charge on any atom is -0.464 e. The molecule has 0 fully saturated rings. The summed E-state index contributed by atoms with van der Waals surface area (Å²) in [5.74, 6) is -0.735. The minimum atomic E-state index is -0.609. The van der Waals surface area contributed by atoms with E-state index >= 15 is 0 Å². The fourth-order valence-electron chi connectivity index (χ4n) is 1.67. The highest BCUT2D eigenvalue weighted by Crippen LogP contribution is 2.18. The van der Waals surface area contributed by atoms with Crippen LogP contribution in [0.15, 0.2) is 53.7 Å². The number of nitrogens with zero attached hydrogens (tertiary/aromatic N) is 1. The molecule has 0 aliphatic heterocycles. The first-order valence-electron chi connectivity index (χ1n) is 6.22. The van der Waals surface area contributed by atoms with Crippen LogP contribution in [-0.4, -0.2) is 17.8 Å². The second-order valence-electron chi connectivity index (χ2n) is 4.23. The maximum Gasteiger partial charge on any atom is 0.189 e. The van der Waals surface area contributed by atoms with Gasteiger partial charge < -0.3 is 20.4 Å². The Labute approximate surface area is 121 Å². The fourth-order valence-corrected chi connectivity index (χ4v) is 1.67. The van der Waals surface area contributed by atoms with Gasteiger partial charge in [0.05, 0.1) is 6.61 Å². The molecular weight excluding hydrogens is 275 g/mol. The van der Waals surface area contributed by atoms with Gasteiger partial charge in [-0.05, 0) is 23.8 Å². The van der Waals surface area contributed by atoms with Crippen molar-refractivity contribution >= 4 is 5.84 Å². The van der Waals surface area contributed by atoms with E-state index in [1.54, 1.807) is 0 Å². The summed E-state index contributed by atoms with van der Waals surface area (Å²) < 4.78 is 24.2. The first kappa shape index (κ1) is 14.8. The van der Waals surface area contributed by atoms with E-state index in [-0.39, 0.29) is 23.9 Å². The highest BCUT2D eigenvalue weighted by molar-refractivity contribution is 5.97. The molecule has 0 atom stereocenters. The molecule has 0 unspecified atom stereocenters. The largest absolute Gasteiger partial charge is 0.464 e. The van der Waals surface area contributed by atoms with Crippen LogP contribution >= 0.6 is 0 Å². The maximum atomic E-state index is 13.7. The van der Waals surface area contributed by atoms with Crippen LogP contribution in [0.4, 0.5) is 4.39 Å². The number of nitrogens with two attached hydrogens (primary N) is 1. The Kier molecular flexibility index (Phi) is 5.11. The van der Waals surface area contributed by atoms with Gasteiger partial charge in [0.25, 0.3) is 0 Å². The van der Waals surface area contributed by atoms with E-state index in [0.717, 1.165) is 11.6 Å². The van der Waals surface area contributed by atoms with Crippen LogP contribution < -0.4 is 10.5 Å². The van der Waals surface area contributed by atoms with Crippen LogP contribution in [0.5, 0.6) is 5.75 Å². The Hall–Kier alpha value is -2.60. The van der Waals surface area contributed by atoms with Crippen molar-refractivity contribution < 1.29 is 19.1 Å². The maximum absolute atomic E-state index is 13.7. The van der Waals surface area contributed by atoms with E-state index in [1.165, 1.54) is 12.1 Å². The smallest absolute Gasteiger partial charge is 0.189 e. The zero-order chi connectivity index (χ0) is 15.1. The summed E-state index contributed by atoms with van der Waals surface area (Å²) in [6.07, 6.45) is 0. The third-order valence-corrected chi connectivity index (χ3v) is 2.74.